The summed E-state index contributed by atoms with van der Waals surface area (Å²) in [4.78, 5) is 15.4. The van der Waals surface area contributed by atoms with E-state index in [4.69, 9.17) is 11.6 Å². The number of aryl methyl sites for hydroxylation is 2. The molecular weight excluding hydrogens is 400 g/mol. The molecular formula is C20H21ClN2O4S. The fourth-order valence-corrected chi connectivity index (χ4v) is 5.02. The van der Waals surface area contributed by atoms with Gasteiger partial charge < -0.3 is 10.1 Å². The molecule has 1 aromatic heterocycles. The van der Waals surface area contributed by atoms with Crippen molar-refractivity contribution >= 4 is 32.5 Å². The molecule has 0 unspecified atom stereocenters. The number of aromatic amines is 1. The largest absolute Gasteiger partial charge is 0.395 e. The smallest absolute Gasteiger partial charge is 0.252 e. The van der Waals surface area contributed by atoms with E-state index >= 15 is 0 Å². The van der Waals surface area contributed by atoms with Gasteiger partial charge in [0.25, 0.3) is 5.56 Å². The van der Waals surface area contributed by atoms with Gasteiger partial charge in [-0.25, -0.2) is 8.42 Å². The lowest BCUT2D eigenvalue weighted by Gasteiger charge is -2.22. The van der Waals surface area contributed by atoms with Crippen molar-refractivity contribution in [2.24, 2.45) is 0 Å². The third-order valence-corrected chi connectivity index (χ3v) is 7.02. The Hall–Kier alpha value is -2.19. The molecule has 0 spiro atoms. The number of aromatic nitrogens is 1. The van der Waals surface area contributed by atoms with E-state index in [1.807, 2.05) is 26.0 Å². The zero-order chi connectivity index (χ0) is 20.5. The van der Waals surface area contributed by atoms with Crippen LogP contribution in [0.25, 0.3) is 10.9 Å². The van der Waals surface area contributed by atoms with E-state index in [1.165, 1.54) is 12.1 Å². The molecule has 0 amide bonds. The number of sulfonamides is 1. The first-order valence-electron chi connectivity index (χ1n) is 8.73. The fourth-order valence-electron chi connectivity index (χ4n) is 3.11. The van der Waals surface area contributed by atoms with Crippen LogP contribution in [-0.2, 0) is 16.6 Å². The van der Waals surface area contributed by atoms with Crippen LogP contribution in [0.15, 0.2) is 52.2 Å². The third-order valence-electron chi connectivity index (χ3n) is 4.67. The minimum absolute atomic E-state index is 0.0608. The van der Waals surface area contributed by atoms with Crippen molar-refractivity contribution in [3.63, 3.8) is 0 Å². The summed E-state index contributed by atoms with van der Waals surface area (Å²) in [7, 11) is -3.99. The number of pyridine rings is 1. The van der Waals surface area contributed by atoms with E-state index < -0.39 is 10.0 Å². The van der Waals surface area contributed by atoms with Crippen molar-refractivity contribution in [1.82, 2.24) is 9.29 Å². The van der Waals surface area contributed by atoms with Crippen molar-refractivity contribution in [1.29, 1.82) is 0 Å². The minimum atomic E-state index is -3.99. The lowest BCUT2D eigenvalue weighted by molar-refractivity contribution is 0.251. The summed E-state index contributed by atoms with van der Waals surface area (Å²) in [6.07, 6.45) is 0. The maximum Gasteiger partial charge on any atom is 0.252 e. The highest BCUT2D eigenvalue weighted by atomic mass is 35.5. The molecule has 0 atom stereocenters. The van der Waals surface area contributed by atoms with E-state index in [1.54, 1.807) is 18.2 Å². The van der Waals surface area contributed by atoms with Gasteiger partial charge in [0.05, 0.1) is 17.1 Å². The van der Waals surface area contributed by atoms with Gasteiger partial charge in [-0.3, -0.25) is 4.79 Å². The first-order valence-corrected chi connectivity index (χ1v) is 10.5. The van der Waals surface area contributed by atoms with Gasteiger partial charge in [0.15, 0.2) is 0 Å². The number of aliphatic hydroxyl groups excluding tert-OH is 1. The number of benzene rings is 2. The number of nitrogens with zero attached hydrogens (tertiary/aromatic N) is 1. The van der Waals surface area contributed by atoms with Crippen LogP contribution < -0.4 is 5.56 Å². The molecule has 1 heterocycles. The molecule has 0 saturated carbocycles. The maximum atomic E-state index is 13.1. The average Bonchev–Trinajstić information content (AvgIpc) is 2.65. The second kappa shape index (κ2) is 8.05. The van der Waals surface area contributed by atoms with Gasteiger partial charge in [0, 0.05) is 24.0 Å². The van der Waals surface area contributed by atoms with Gasteiger partial charge >= 0.3 is 0 Å². The first kappa shape index (κ1) is 20.5. The minimum Gasteiger partial charge on any atom is -0.395 e. The second-order valence-electron chi connectivity index (χ2n) is 6.60. The summed E-state index contributed by atoms with van der Waals surface area (Å²) in [5.41, 5.74) is 2.57. The molecule has 6 nitrogen and oxygen atoms in total. The van der Waals surface area contributed by atoms with Gasteiger partial charge in [0.1, 0.15) is 4.90 Å². The highest BCUT2D eigenvalue weighted by Gasteiger charge is 2.27. The normalized spacial score (nSPS) is 12.0. The highest BCUT2D eigenvalue weighted by molar-refractivity contribution is 7.89. The Bertz CT molecular complexity index is 1190. The number of rotatable bonds is 6. The first-order chi connectivity index (χ1) is 13.3. The van der Waals surface area contributed by atoms with Gasteiger partial charge in [0.2, 0.25) is 10.0 Å². The number of fused-ring (bicyclic) bond motifs is 1. The van der Waals surface area contributed by atoms with E-state index in [9.17, 15) is 18.3 Å². The number of hydrogen-bond donors (Lipinski definition) is 2. The molecule has 0 bridgehead atoms. The predicted molar refractivity (Wildman–Crippen MR) is 110 cm³/mol. The summed E-state index contributed by atoms with van der Waals surface area (Å²) in [6, 6.07) is 11.7. The maximum absolute atomic E-state index is 13.1. The van der Waals surface area contributed by atoms with E-state index in [0.29, 0.717) is 5.56 Å². The van der Waals surface area contributed by atoms with E-state index in [2.05, 4.69) is 4.98 Å². The van der Waals surface area contributed by atoms with Crippen molar-refractivity contribution in [3.8, 4) is 0 Å². The predicted octanol–water partition coefficient (Wildman–Crippen LogP) is 2.98. The van der Waals surface area contributed by atoms with Gasteiger partial charge in [-0.2, -0.15) is 4.31 Å². The lowest BCUT2D eigenvalue weighted by Crippen LogP contribution is -2.35. The number of H-pyrrole nitrogens is 1. The van der Waals surface area contributed by atoms with Crippen molar-refractivity contribution in [2.45, 2.75) is 25.3 Å². The van der Waals surface area contributed by atoms with Gasteiger partial charge in [-0.1, -0.05) is 35.9 Å². The van der Waals surface area contributed by atoms with Gasteiger partial charge in [-0.05, 0) is 43.2 Å². The average molecular weight is 421 g/mol. The van der Waals surface area contributed by atoms with Crippen LogP contribution >= 0.6 is 11.6 Å². The standard InChI is InChI=1S/C20H21ClN2O4S/c1-13-7-8-14(2)19-16(13)11-15(20(25)22-19)12-23(9-10-24)28(26,27)18-6-4-3-5-17(18)21/h3-8,11,24H,9-10,12H2,1-2H3,(H,22,25). The monoisotopic (exact) mass is 420 g/mol. The lowest BCUT2D eigenvalue weighted by atomic mass is 10.0. The van der Waals surface area contributed by atoms with Crippen LogP contribution in [0.5, 0.6) is 0 Å². The molecule has 0 fully saturated rings. The Balaban J connectivity index is 2.09. The molecule has 0 aliphatic rings. The quantitative estimate of drug-likeness (QED) is 0.641. The van der Waals surface area contributed by atoms with Crippen LogP contribution in [0, 0.1) is 13.8 Å². The molecule has 0 aliphatic heterocycles. The number of halogens is 1. The Kier molecular flexibility index (Phi) is 5.90. The molecule has 28 heavy (non-hydrogen) atoms. The van der Waals surface area contributed by atoms with Crippen molar-refractivity contribution < 1.29 is 13.5 Å². The zero-order valence-corrected chi connectivity index (χ0v) is 17.1. The molecule has 3 aromatic rings. The molecule has 0 aliphatic carbocycles. The molecule has 148 valence electrons. The van der Waals surface area contributed by atoms with Crippen LogP contribution in [0.2, 0.25) is 5.02 Å². The molecule has 0 radical (unpaired) electrons. The molecule has 0 saturated heterocycles. The summed E-state index contributed by atoms with van der Waals surface area (Å²) in [6.45, 7) is 3.12. The Morgan fingerprint density at radius 1 is 1.11 bits per heavy atom. The number of aliphatic hydroxyl groups is 1. The zero-order valence-electron chi connectivity index (χ0n) is 15.6. The number of hydrogen-bond acceptors (Lipinski definition) is 4. The topological polar surface area (TPSA) is 90.5 Å². The van der Waals surface area contributed by atoms with E-state index in [0.717, 1.165) is 26.3 Å². The summed E-state index contributed by atoms with van der Waals surface area (Å²) in [5.74, 6) is 0. The Morgan fingerprint density at radius 2 is 1.79 bits per heavy atom. The second-order valence-corrected chi connectivity index (χ2v) is 8.92. The fraction of sp³-hybridized carbons (Fsp3) is 0.250. The van der Waals surface area contributed by atoms with Crippen molar-refractivity contribution in [2.75, 3.05) is 13.2 Å². The van der Waals surface area contributed by atoms with Gasteiger partial charge in [-0.15, -0.1) is 0 Å². The highest BCUT2D eigenvalue weighted by Crippen LogP contribution is 2.26. The van der Waals surface area contributed by atoms with Crippen LogP contribution in [0.1, 0.15) is 16.7 Å². The Labute approximate surface area is 168 Å². The Morgan fingerprint density at radius 3 is 2.46 bits per heavy atom. The van der Waals surface area contributed by atoms with Crippen molar-refractivity contribution in [3.05, 3.63) is 74.5 Å². The summed E-state index contributed by atoms with van der Waals surface area (Å²) >= 11 is 6.07. The number of nitrogens with one attached hydrogen (secondary N) is 1. The molecule has 2 aromatic carbocycles. The van der Waals surface area contributed by atoms with Crippen LogP contribution in [0.3, 0.4) is 0 Å². The SMILES string of the molecule is Cc1ccc(C)c2[nH]c(=O)c(CN(CCO)S(=O)(=O)c3ccccc3Cl)cc12. The van der Waals surface area contributed by atoms with E-state index in [-0.39, 0.29) is 35.2 Å². The van der Waals surface area contributed by atoms with Crippen LogP contribution in [-0.4, -0.2) is 36.0 Å². The molecule has 8 heteroatoms. The third kappa shape index (κ3) is 3.84. The summed E-state index contributed by atoms with van der Waals surface area (Å²) < 4.78 is 27.2. The molecule has 2 N–H and O–H groups in total. The van der Waals surface area contributed by atoms with Crippen LogP contribution in [0.4, 0.5) is 0 Å². The molecule has 3 rings (SSSR count). The summed E-state index contributed by atoms with van der Waals surface area (Å²) in [5, 5.41) is 10.3.